The standard InChI is InChI=1S/C30H35N5O/c36-30(23-34-15-17-35(18-16-34)27-11-5-2-6-12-27)33-26(22-31-20-24-9-3-1-4-10-24)19-25-21-32-29-14-8-7-13-28(25)29/h1-14,21,26,31-32H,15-20,22-23H2,(H,33,36). The first-order valence-electron chi connectivity index (χ1n) is 12.9. The molecule has 1 amide bonds. The third kappa shape index (κ3) is 6.33. The number of aromatic amines is 1. The fraction of sp³-hybridized carbons (Fsp3) is 0.300. The van der Waals surface area contributed by atoms with Crippen LogP contribution >= 0.6 is 0 Å². The number of H-pyrrole nitrogens is 1. The van der Waals surface area contributed by atoms with E-state index < -0.39 is 0 Å². The third-order valence-electron chi connectivity index (χ3n) is 6.93. The molecule has 5 rings (SSSR count). The van der Waals surface area contributed by atoms with Gasteiger partial charge in [0.05, 0.1) is 6.54 Å². The van der Waals surface area contributed by atoms with E-state index in [2.05, 4.69) is 98.3 Å². The molecule has 6 heteroatoms. The van der Waals surface area contributed by atoms with Gasteiger partial charge in [0.15, 0.2) is 0 Å². The van der Waals surface area contributed by atoms with Crippen molar-refractivity contribution in [2.24, 2.45) is 0 Å². The lowest BCUT2D eigenvalue weighted by atomic mass is 10.0. The molecular formula is C30H35N5O. The van der Waals surface area contributed by atoms with E-state index in [9.17, 15) is 4.79 Å². The summed E-state index contributed by atoms with van der Waals surface area (Å²) in [6.45, 7) is 5.59. The zero-order chi connectivity index (χ0) is 24.6. The van der Waals surface area contributed by atoms with Gasteiger partial charge in [-0.25, -0.2) is 0 Å². The summed E-state index contributed by atoms with van der Waals surface area (Å²) >= 11 is 0. The van der Waals surface area contributed by atoms with Crippen LogP contribution in [0, 0.1) is 0 Å². The molecule has 1 saturated heterocycles. The Kier molecular flexibility index (Phi) is 7.96. The van der Waals surface area contributed by atoms with E-state index >= 15 is 0 Å². The van der Waals surface area contributed by atoms with Crippen LogP contribution in [0.25, 0.3) is 10.9 Å². The van der Waals surface area contributed by atoms with Crippen molar-refractivity contribution in [2.45, 2.75) is 19.0 Å². The van der Waals surface area contributed by atoms with Crippen LogP contribution in [-0.2, 0) is 17.8 Å². The molecule has 1 aliphatic heterocycles. The largest absolute Gasteiger partial charge is 0.369 e. The number of aromatic nitrogens is 1. The number of rotatable bonds is 10. The van der Waals surface area contributed by atoms with Crippen LogP contribution in [0.1, 0.15) is 11.1 Å². The van der Waals surface area contributed by atoms with Crippen LogP contribution < -0.4 is 15.5 Å². The van der Waals surface area contributed by atoms with Crippen molar-refractivity contribution in [3.63, 3.8) is 0 Å². The molecule has 0 radical (unpaired) electrons. The smallest absolute Gasteiger partial charge is 0.234 e. The van der Waals surface area contributed by atoms with Crippen molar-refractivity contribution >= 4 is 22.5 Å². The molecule has 36 heavy (non-hydrogen) atoms. The molecule has 1 aliphatic rings. The Labute approximate surface area is 213 Å². The van der Waals surface area contributed by atoms with Gasteiger partial charge in [0, 0.05) is 68.1 Å². The number of anilines is 1. The Balaban J connectivity index is 1.17. The van der Waals surface area contributed by atoms with Crippen molar-refractivity contribution in [1.29, 1.82) is 0 Å². The number of amides is 1. The molecule has 1 unspecified atom stereocenters. The summed E-state index contributed by atoms with van der Waals surface area (Å²) < 4.78 is 0. The average Bonchev–Trinajstić information content (AvgIpc) is 3.33. The van der Waals surface area contributed by atoms with Gasteiger partial charge in [-0.3, -0.25) is 9.69 Å². The molecule has 6 nitrogen and oxygen atoms in total. The van der Waals surface area contributed by atoms with Crippen molar-refractivity contribution in [3.05, 3.63) is 102 Å². The zero-order valence-corrected chi connectivity index (χ0v) is 20.7. The van der Waals surface area contributed by atoms with Crippen LogP contribution in [0.3, 0.4) is 0 Å². The number of para-hydroxylation sites is 2. The molecule has 2 heterocycles. The van der Waals surface area contributed by atoms with Gasteiger partial charge in [0.1, 0.15) is 0 Å². The first-order valence-corrected chi connectivity index (χ1v) is 12.9. The molecule has 3 aromatic carbocycles. The molecule has 4 aromatic rings. The maximum atomic E-state index is 13.1. The van der Waals surface area contributed by atoms with Crippen molar-refractivity contribution in [1.82, 2.24) is 20.5 Å². The second kappa shape index (κ2) is 11.9. The zero-order valence-electron chi connectivity index (χ0n) is 20.7. The quantitative estimate of drug-likeness (QED) is 0.322. The molecule has 0 saturated carbocycles. The van der Waals surface area contributed by atoms with Gasteiger partial charge in [-0.2, -0.15) is 0 Å². The third-order valence-corrected chi connectivity index (χ3v) is 6.93. The van der Waals surface area contributed by atoms with E-state index in [4.69, 9.17) is 0 Å². The van der Waals surface area contributed by atoms with E-state index in [1.165, 1.54) is 22.2 Å². The van der Waals surface area contributed by atoms with Gasteiger partial charge >= 0.3 is 0 Å². The Morgan fingerprint density at radius 2 is 1.56 bits per heavy atom. The maximum absolute atomic E-state index is 13.1. The summed E-state index contributed by atoms with van der Waals surface area (Å²) in [5.74, 6) is 0.0921. The van der Waals surface area contributed by atoms with Crippen LogP contribution in [0.2, 0.25) is 0 Å². The van der Waals surface area contributed by atoms with Gasteiger partial charge in [0.25, 0.3) is 0 Å². The number of benzene rings is 3. The van der Waals surface area contributed by atoms with Crippen LogP contribution in [0.4, 0.5) is 5.69 Å². The van der Waals surface area contributed by atoms with Gasteiger partial charge in [-0.1, -0.05) is 66.7 Å². The number of nitrogens with zero attached hydrogens (tertiary/aromatic N) is 2. The molecule has 186 valence electrons. The topological polar surface area (TPSA) is 63.4 Å². The van der Waals surface area contributed by atoms with E-state index in [-0.39, 0.29) is 11.9 Å². The summed E-state index contributed by atoms with van der Waals surface area (Å²) in [7, 11) is 0. The number of fused-ring (bicyclic) bond motifs is 1. The lowest BCUT2D eigenvalue weighted by Crippen LogP contribution is -2.52. The van der Waals surface area contributed by atoms with E-state index in [0.717, 1.165) is 44.7 Å². The second-order valence-electron chi connectivity index (χ2n) is 9.54. The number of nitrogens with one attached hydrogen (secondary N) is 3. The number of hydrogen-bond acceptors (Lipinski definition) is 4. The summed E-state index contributed by atoms with van der Waals surface area (Å²) in [5, 5.41) is 8.10. The molecule has 0 spiro atoms. The highest BCUT2D eigenvalue weighted by Gasteiger charge is 2.21. The van der Waals surface area contributed by atoms with E-state index in [0.29, 0.717) is 13.1 Å². The van der Waals surface area contributed by atoms with E-state index in [1.807, 2.05) is 18.2 Å². The normalized spacial score (nSPS) is 15.2. The SMILES string of the molecule is O=C(CN1CCN(c2ccccc2)CC1)NC(CNCc1ccccc1)Cc1c[nH]c2ccccc12. The molecular weight excluding hydrogens is 446 g/mol. The fourth-order valence-electron chi connectivity index (χ4n) is 5.01. The van der Waals surface area contributed by atoms with Crippen LogP contribution in [-0.4, -0.2) is 61.1 Å². The predicted octanol–water partition coefficient (Wildman–Crippen LogP) is 3.81. The minimum atomic E-state index is 0.00558. The van der Waals surface area contributed by atoms with Gasteiger partial charge in [-0.05, 0) is 35.7 Å². The van der Waals surface area contributed by atoms with Crippen molar-refractivity contribution < 1.29 is 4.79 Å². The highest BCUT2D eigenvalue weighted by Crippen LogP contribution is 2.19. The predicted molar refractivity (Wildman–Crippen MR) is 147 cm³/mol. The lowest BCUT2D eigenvalue weighted by Gasteiger charge is -2.36. The van der Waals surface area contributed by atoms with Crippen LogP contribution in [0.15, 0.2) is 91.1 Å². The number of hydrogen-bond donors (Lipinski definition) is 3. The minimum absolute atomic E-state index is 0.00558. The Bertz CT molecular complexity index is 1230. The molecule has 1 fully saturated rings. The van der Waals surface area contributed by atoms with Crippen molar-refractivity contribution in [3.8, 4) is 0 Å². The highest BCUT2D eigenvalue weighted by molar-refractivity contribution is 5.83. The number of carbonyl (C=O) groups is 1. The molecule has 3 N–H and O–H groups in total. The first-order chi connectivity index (χ1) is 17.7. The molecule has 1 aromatic heterocycles. The van der Waals surface area contributed by atoms with Gasteiger partial charge < -0.3 is 20.5 Å². The highest BCUT2D eigenvalue weighted by atomic mass is 16.2. The minimum Gasteiger partial charge on any atom is -0.369 e. The fourth-order valence-corrected chi connectivity index (χ4v) is 5.01. The molecule has 0 bridgehead atoms. The summed E-state index contributed by atoms with van der Waals surface area (Å²) in [4.78, 5) is 21.1. The molecule has 0 aliphatic carbocycles. The van der Waals surface area contributed by atoms with Crippen molar-refractivity contribution in [2.75, 3.05) is 44.2 Å². The average molecular weight is 482 g/mol. The Hall–Kier alpha value is -3.61. The Morgan fingerprint density at radius 3 is 2.33 bits per heavy atom. The monoisotopic (exact) mass is 481 g/mol. The van der Waals surface area contributed by atoms with Gasteiger partial charge in [-0.15, -0.1) is 0 Å². The summed E-state index contributed by atoms with van der Waals surface area (Å²) in [5.41, 5.74) is 4.86. The molecule has 1 atom stereocenters. The first kappa shape index (κ1) is 24.1. The Morgan fingerprint density at radius 1 is 0.861 bits per heavy atom. The summed E-state index contributed by atoms with van der Waals surface area (Å²) in [6, 6.07) is 29.2. The number of carbonyl (C=O) groups excluding carboxylic acids is 1. The van der Waals surface area contributed by atoms with Gasteiger partial charge in [0.2, 0.25) is 5.91 Å². The second-order valence-corrected chi connectivity index (χ2v) is 9.54. The van der Waals surface area contributed by atoms with E-state index in [1.54, 1.807) is 0 Å². The number of piperazine rings is 1. The summed E-state index contributed by atoms with van der Waals surface area (Å²) in [6.07, 6.45) is 2.85. The van der Waals surface area contributed by atoms with Crippen LogP contribution in [0.5, 0.6) is 0 Å². The maximum Gasteiger partial charge on any atom is 0.234 e. The lowest BCUT2D eigenvalue weighted by molar-refractivity contribution is -0.123.